The molecule has 0 spiro atoms. The van der Waals surface area contributed by atoms with Crippen molar-refractivity contribution in [2.24, 2.45) is 0 Å². The van der Waals surface area contributed by atoms with Crippen LogP contribution in [-0.4, -0.2) is 10.3 Å². The molecule has 1 aromatic rings. The molecular weight excluding hydrogens is 221 g/mol. The third-order valence-corrected chi connectivity index (χ3v) is 3.24. The molecule has 0 aliphatic carbocycles. The maximum absolute atomic E-state index is 13.2. The molecular formula is C9H11BrFN. The molecule has 66 valence electrons. The highest BCUT2D eigenvalue weighted by Gasteiger charge is 2.22. The molecule has 0 amide bonds. The number of aromatic nitrogens is 1. The van der Waals surface area contributed by atoms with Crippen molar-refractivity contribution < 1.29 is 4.39 Å². The Morgan fingerprint density at radius 3 is 2.75 bits per heavy atom. The van der Waals surface area contributed by atoms with E-state index in [-0.39, 0.29) is 11.2 Å². The summed E-state index contributed by atoms with van der Waals surface area (Å²) in [5.41, 5.74) is 0.530. The van der Waals surface area contributed by atoms with Crippen LogP contribution in [0, 0.1) is 5.82 Å². The predicted octanol–water partition coefficient (Wildman–Crippen LogP) is 2.89. The minimum atomic E-state index is -0.234. The van der Waals surface area contributed by atoms with E-state index in [1.807, 2.05) is 13.8 Å². The monoisotopic (exact) mass is 231 g/mol. The highest BCUT2D eigenvalue weighted by Crippen LogP contribution is 2.26. The van der Waals surface area contributed by atoms with Crippen LogP contribution in [0.1, 0.15) is 19.4 Å². The van der Waals surface area contributed by atoms with Gasteiger partial charge in [0, 0.05) is 16.9 Å². The van der Waals surface area contributed by atoms with Crippen LogP contribution in [0.25, 0.3) is 0 Å². The zero-order valence-corrected chi connectivity index (χ0v) is 8.73. The average Bonchev–Trinajstić information content (AvgIpc) is 2.05. The summed E-state index contributed by atoms with van der Waals surface area (Å²) in [6, 6.07) is 1.72. The van der Waals surface area contributed by atoms with Crippen molar-refractivity contribution in [2.75, 3.05) is 5.33 Å². The number of nitrogens with zero attached hydrogens (tertiary/aromatic N) is 1. The van der Waals surface area contributed by atoms with Gasteiger partial charge in [0.2, 0.25) is 0 Å². The Morgan fingerprint density at radius 1 is 1.58 bits per heavy atom. The minimum Gasteiger partial charge on any atom is -0.262 e. The molecule has 1 aromatic heterocycles. The molecule has 12 heavy (non-hydrogen) atoms. The third kappa shape index (κ3) is 1.83. The molecule has 0 unspecified atom stereocenters. The van der Waals surface area contributed by atoms with E-state index in [0.29, 0.717) is 5.56 Å². The van der Waals surface area contributed by atoms with E-state index in [9.17, 15) is 4.39 Å². The van der Waals surface area contributed by atoms with Gasteiger partial charge in [0.05, 0.1) is 6.20 Å². The lowest BCUT2D eigenvalue weighted by atomic mass is 9.87. The Morgan fingerprint density at radius 2 is 2.25 bits per heavy atom. The second kappa shape index (κ2) is 3.52. The second-order valence-corrected chi connectivity index (χ2v) is 3.93. The largest absolute Gasteiger partial charge is 0.262 e. The van der Waals surface area contributed by atoms with E-state index in [0.717, 1.165) is 5.33 Å². The van der Waals surface area contributed by atoms with E-state index in [1.165, 1.54) is 6.20 Å². The van der Waals surface area contributed by atoms with Gasteiger partial charge in [-0.3, -0.25) is 4.98 Å². The smallest absolute Gasteiger partial charge is 0.145 e. The molecule has 0 N–H and O–H groups in total. The first-order chi connectivity index (χ1) is 5.58. The van der Waals surface area contributed by atoms with Crippen molar-refractivity contribution in [3.8, 4) is 0 Å². The molecule has 0 atom stereocenters. The molecule has 0 bridgehead atoms. The predicted molar refractivity (Wildman–Crippen MR) is 51.0 cm³/mol. The second-order valence-electron chi connectivity index (χ2n) is 3.37. The Bertz CT molecular complexity index is 273. The van der Waals surface area contributed by atoms with Gasteiger partial charge in [-0.2, -0.15) is 0 Å². The van der Waals surface area contributed by atoms with E-state index in [1.54, 1.807) is 12.3 Å². The molecule has 1 nitrogen and oxygen atoms in total. The number of hydrogen-bond acceptors (Lipinski definition) is 1. The fourth-order valence-corrected chi connectivity index (χ4v) is 1.30. The van der Waals surface area contributed by atoms with E-state index in [2.05, 4.69) is 20.9 Å². The first kappa shape index (κ1) is 9.65. The molecule has 0 aliphatic heterocycles. The Balaban J connectivity index is 3.10. The molecule has 0 aliphatic rings. The number of rotatable bonds is 2. The first-order valence-corrected chi connectivity index (χ1v) is 4.86. The van der Waals surface area contributed by atoms with Gasteiger partial charge >= 0.3 is 0 Å². The summed E-state index contributed by atoms with van der Waals surface area (Å²) in [6.07, 6.45) is 2.86. The summed E-state index contributed by atoms with van der Waals surface area (Å²) in [7, 11) is 0. The maximum Gasteiger partial charge on any atom is 0.145 e. The minimum absolute atomic E-state index is 0.174. The van der Waals surface area contributed by atoms with Gasteiger partial charge in [0.25, 0.3) is 0 Å². The van der Waals surface area contributed by atoms with Crippen LogP contribution in [-0.2, 0) is 5.41 Å². The lowest BCUT2D eigenvalue weighted by Gasteiger charge is -2.22. The van der Waals surface area contributed by atoms with E-state index in [4.69, 9.17) is 0 Å². The van der Waals surface area contributed by atoms with Gasteiger partial charge in [-0.15, -0.1) is 0 Å². The lowest BCUT2D eigenvalue weighted by molar-refractivity contribution is 0.527. The molecule has 0 saturated heterocycles. The van der Waals surface area contributed by atoms with Gasteiger partial charge in [0.1, 0.15) is 5.82 Å². The first-order valence-electron chi connectivity index (χ1n) is 3.74. The van der Waals surface area contributed by atoms with E-state index < -0.39 is 0 Å². The number of hydrogen-bond donors (Lipinski definition) is 0. The van der Waals surface area contributed by atoms with Gasteiger partial charge in [-0.25, -0.2) is 4.39 Å². The van der Waals surface area contributed by atoms with Crippen LogP contribution < -0.4 is 0 Å². The maximum atomic E-state index is 13.2. The summed E-state index contributed by atoms with van der Waals surface area (Å²) in [4.78, 5) is 3.70. The van der Waals surface area contributed by atoms with Crippen LogP contribution in [0.3, 0.4) is 0 Å². The summed E-state index contributed by atoms with van der Waals surface area (Å²) < 4.78 is 13.2. The van der Waals surface area contributed by atoms with Crippen molar-refractivity contribution in [1.82, 2.24) is 4.98 Å². The summed E-state index contributed by atoms with van der Waals surface area (Å²) >= 11 is 3.35. The number of alkyl halides is 1. The molecule has 1 heterocycles. The topological polar surface area (TPSA) is 12.9 Å². The van der Waals surface area contributed by atoms with E-state index >= 15 is 0 Å². The van der Waals surface area contributed by atoms with Gasteiger partial charge in [-0.05, 0) is 11.6 Å². The fraction of sp³-hybridized carbons (Fsp3) is 0.444. The summed E-state index contributed by atoms with van der Waals surface area (Å²) in [5.74, 6) is -0.234. The lowest BCUT2D eigenvalue weighted by Crippen LogP contribution is -2.20. The van der Waals surface area contributed by atoms with Crippen molar-refractivity contribution in [1.29, 1.82) is 0 Å². The van der Waals surface area contributed by atoms with Crippen molar-refractivity contribution in [3.05, 3.63) is 29.8 Å². The van der Waals surface area contributed by atoms with Crippen molar-refractivity contribution in [2.45, 2.75) is 19.3 Å². The van der Waals surface area contributed by atoms with Crippen LogP contribution in [0.5, 0.6) is 0 Å². The zero-order valence-electron chi connectivity index (χ0n) is 7.14. The zero-order chi connectivity index (χ0) is 9.19. The van der Waals surface area contributed by atoms with Gasteiger partial charge < -0.3 is 0 Å². The summed E-state index contributed by atoms with van der Waals surface area (Å²) in [5, 5.41) is 0.737. The average molecular weight is 232 g/mol. The standard InChI is InChI=1S/C9H11BrFN/c1-9(2,6-10)7-3-4-12-5-8(7)11/h3-5H,6H2,1-2H3. The normalized spacial score (nSPS) is 11.7. The Hall–Kier alpha value is -0.440. The van der Waals surface area contributed by atoms with Crippen LogP contribution >= 0.6 is 15.9 Å². The molecule has 3 heteroatoms. The molecule has 0 fully saturated rings. The number of pyridine rings is 1. The fourth-order valence-electron chi connectivity index (χ4n) is 0.996. The van der Waals surface area contributed by atoms with Crippen LogP contribution in [0.2, 0.25) is 0 Å². The van der Waals surface area contributed by atoms with Gasteiger partial charge in [-0.1, -0.05) is 29.8 Å². The highest BCUT2D eigenvalue weighted by atomic mass is 79.9. The third-order valence-electron chi connectivity index (χ3n) is 1.84. The quantitative estimate of drug-likeness (QED) is 0.714. The van der Waals surface area contributed by atoms with Crippen LogP contribution in [0.4, 0.5) is 4.39 Å². The Kier molecular flexibility index (Phi) is 2.83. The van der Waals surface area contributed by atoms with Gasteiger partial charge in [0.15, 0.2) is 0 Å². The summed E-state index contributed by atoms with van der Waals surface area (Å²) in [6.45, 7) is 3.97. The molecule has 0 radical (unpaired) electrons. The number of halogens is 2. The Labute approximate surface area is 80.1 Å². The SMILES string of the molecule is CC(C)(CBr)c1ccncc1F. The highest BCUT2D eigenvalue weighted by molar-refractivity contribution is 9.09. The van der Waals surface area contributed by atoms with Crippen molar-refractivity contribution >= 4 is 15.9 Å². The molecule has 0 aromatic carbocycles. The van der Waals surface area contributed by atoms with Crippen molar-refractivity contribution in [3.63, 3.8) is 0 Å². The molecule has 0 saturated carbocycles. The van der Waals surface area contributed by atoms with Crippen LogP contribution in [0.15, 0.2) is 18.5 Å². The molecule has 1 rings (SSSR count).